The molecule has 0 saturated carbocycles. The molecule has 0 aromatic heterocycles. The molecule has 2 aromatic rings. The Balaban J connectivity index is 1.64. The normalized spacial score (nSPS) is 19.7. The fraction of sp³-hybridized carbons (Fsp3) is 0.350. The maximum atomic E-state index is 12.9. The number of carbonyl (C=O) groups is 1. The predicted octanol–water partition coefficient (Wildman–Crippen LogP) is 3.21. The van der Waals surface area contributed by atoms with E-state index >= 15 is 0 Å². The smallest absolute Gasteiger partial charge is 0.322 e. The summed E-state index contributed by atoms with van der Waals surface area (Å²) in [5.74, 6) is 2.77. The van der Waals surface area contributed by atoms with E-state index in [1.54, 1.807) is 4.90 Å². The Bertz CT molecular complexity index is 927. The van der Waals surface area contributed by atoms with Crippen LogP contribution in [0.2, 0.25) is 0 Å². The number of hydrogen-bond donors (Lipinski definition) is 1. The van der Waals surface area contributed by atoms with E-state index in [9.17, 15) is 4.79 Å². The van der Waals surface area contributed by atoms with Gasteiger partial charge in [-0.2, -0.15) is 0 Å². The molecule has 3 aliphatic heterocycles. The first-order valence-corrected chi connectivity index (χ1v) is 9.04. The minimum atomic E-state index is -0.312. The zero-order valence-electron chi connectivity index (χ0n) is 15.2. The van der Waals surface area contributed by atoms with E-state index in [-0.39, 0.29) is 24.9 Å². The molecular weight excluding hydrogens is 348 g/mol. The Kier molecular flexibility index (Phi) is 3.56. The second-order valence-corrected chi connectivity index (χ2v) is 7.01. The van der Waals surface area contributed by atoms with Crippen LogP contribution in [0.4, 0.5) is 10.5 Å². The lowest BCUT2D eigenvalue weighted by Crippen LogP contribution is -2.50. The van der Waals surface area contributed by atoms with E-state index in [1.165, 1.54) is 0 Å². The molecule has 3 heterocycles. The molecule has 0 radical (unpaired) electrons. The first-order chi connectivity index (χ1) is 13.1. The number of nitrogens with one attached hydrogen (secondary N) is 1. The second-order valence-electron chi connectivity index (χ2n) is 7.01. The van der Waals surface area contributed by atoms with Gasteiger partial charge in [-0.3, -0.25) is 4.90 Å². The predicted molar refractivity (Wildman–Crippen MR) is 98.0 cm³/mol. The van der Waals surface area contributed by atoms with Gasteiger partial charge < -0.3 is 24.3 Å². The lowest BCUT2D eigenvalue weighted by Gasteiger charge is -2.37. The zero-order valence-corrected chi connectivity index (χ0v) is 15.2. The molecule has 27 heavy (non-hydrogen) atoms. The summed E-state index contributed by atoms with van der Waals surface area (Å²) in [7, 11) is 0. The Labute approximate surface area is 156 Å². The Hall–Kier alpha value is -3.09. The molecule has 3 aliphatic rings. The fourth-order valence-electron chi connectivity index (χ4n) is 3.78. The molecule has 0 fully saturated rings. The van der Waals surface area contributed by atoms with Gasteiger partial charge >= 0.3 is 6.03 Å². The Morgan fingerprint density at radius 1 is 0.963 bits per heavy atom. The van der Waals surface area contributed by atoms with Crippen molar-refractivity contribution in [3.8, 4) is 23.0 Å². The van der Waals surface area contributed by atoms with Crippen LogP contribution in [0, 0.1) is 0 Å². The number of ether oxygens (including phenoxy) is 4. The number of amides is 2. The Morgan fingerprint density at radius 2 is 1.67 bits per heavy atom. The molecule has 1 atom stereocenters. The molecule has 2 aromatic carbocycles. The molecule has 5 rings (SSSR count). The molecule has 0 aliphatic carbocycles. The lowest BCUT2D eigenvalue weighted by molar-refractivity contribution is 0.171. The Morgan fingerprint density at radius 3 is 2.44 bits per heavy atom. The molecular formula is C20H20N2O5. The summed E-state index contributed by atoms with van der Waals surface area (Å²) in [6.07, 6.45) is 0. The van der Waals surface area contributed by atoms with Crippen LogP contribution in [-0.2, 0) is 0 Å². The minimum Gasteiger partial charge on any atom is -0.486 e. The summed E-state index contributed by atoms with van der Waals surface area (Å²) in [5, 5.41) is 3.11. The van der Waals surface area contributed by atoms with Crippen molar-refractivity contribution in [1.29, 1.82) is 0 Å². The van der Waals surface area contributed by atoms with Crippen LogP contribution in [0.1, 0.15) is 31.0 Å². The monoisotopic (exact) mass is 368 g/mol. The van der Waals surface area contributed by atoms with Crippen LogP contribution >= 0.6 is 0 Å². The molecule has 140 valence electrons. The number of anilines is 1. The van der Waals surface area contributed by atoms with Crippen molar-refractivity contribution in [3.05, 3.63) is 41.5 Å². The van der Waals surface area contributed by atoms with Crippen molar-refractivity contribution in [2.75, 3.05) is 24.9 Å². The van der Waals surface area contributed by atoms with Gasteiger partial charge in [-0.25, -0.2) is 4.79 Å². The minimum absolute atomic E-state index is 0.00494. The van der Waals surface area contributed by atoms with Gasteiger partial charge in [0, 0.05) is 17.7 Å². The lowest BCUT2D eigenvalue weighted by atomic mass is 9.93. The molecule has 7 nitrogen and oxygen atoms in total. The van der Waals surface area contributed by atoms with Gasteiger partial charge in [0.2, 0.25) is 6.79 Å². The fourth-order valence-corrected chi connectivity index (χ4v) is 3.78. The van der Waals surface area contributed by atoms with Crippen LogP contribution in [0.15, 0.2) is 30.3 Å². The summed E-state index contributed by atoms with van der Waals surface area (Å²) in [5.41, 5.74) is 2.72. The quantitative estimate of drug-likeness (QED) is 0.882. The van der Waals surface area contributed by atoms with Crippen molar-refractivity contribution in [1.82, 2.24) is 5.32 Å². The maximum Gasteiger partial charge on any atom is 0.322 e. The maximum absolute atomic E-state index is 12.9. The molecule has 1 unspecified atom stereocenters. The van der Waals surface area contributed by atoms with E-state index in [4.69, 9.17) is 18.9 Å². The number of fused-ring (bicyclic) bond motifs is 3. The molecule has 1 N–H and O–H groups in total. The SMILES string of the molecule is CC(C)N1C(=O)NC(c2ccc3c(c2)OCCO3)c2cc3c(cc21)OCO3. The summed E-state index contributed by atoms with van der Waals surface area (Å²) >= 11 is 0. The van der Waals surface area contributed by atoms with Gasteiger partial charge in [0.25, 0.3) is 0 Å². The van der Waals surface area contributed by atoms with Gasteiger partial charge in [0.05, 0.1) is 11.7 Å². The third-order valence-corrected chi connectivity index (χ3v) is 4.99. The average Bonchev–Trinajstić information content (AvgIpc) is 3.12. The topological polar surface area (TPSA) is 69.3 Å². The summed E-state index contributed by atoms with van der Waals surface area (Å²) in [6.45, 7) is 5.22. The van der Waals surface area contributed by atoms with Gasteiger partial charge in [-0.1, -0.05) is 6.07 Å². The van der Waals surface area contributed by atoms with Crippen molar-refractivity contribution >= 4 is 11.7 Å². The van der Waals surface area contributed by atoms with E-state index in [0.29, 0.717) is 30.5 Å². The van der Waals surface area contributed by atoms with Gasteiger partial charge in [-0.15, -0.1) is 0 Å². The number of benzene rings is 2. The van der Waals surface area contributed by atoms with E-state index in [0.717, 1.165) is 22.6 Å². The highest BCUT2D eigenvalue weighted by atomic mass is 16.7. The first-order valence-electron chi connectivity index (χ1n) is 9.04. The van der Waals surface area contributed by atoms with Crippen molar-refractivity contribution in [2.24, 2.45) is 0 Å². The molecule has 7 heteroatoms. The highest BCUT2D eigenvalue weighted by Crippen LogP contribution is 2.45. The third kappa shape index (κ3) is 2.53. The van der Waals surface area contributed by atoms with E-state index in [2.05, 4.69) is 5.32 Å². The van der Waals surface area contributed by atoms with Crippen LogP contribution in [0.25, 0.3) is 0 Å². The number of carbonyl (C=O) groups excluding carboxylic acids is 1. The average molecular weight is 368 g/mol. The largest absolute Gasteiger partial charge is 0.486 e. The number of rotatable bonds is 2. The molecule has 0 spiro atoms. The highest BCUT2D eigenvalue weighted by molar-refractivity contribution is 5.97. The summed E-state index contributed by atoms with van der Waals surface area (Å²) in [4.78, 5) is 14.6. The summed E-state index contributed by atoms with van der Waals surface area (Å²) in [6, 6.07) is 9.17. The zero-order chi connectivity index (χ0) is 18.5. The van der Waals surface area contributed by atoms with Crippen LogP contribution < -0.4 is 29.2 Å². The number of nitrogens with zero attached hydrogens (tertiary/aromatic N) is 1. The summed E-state index contributed by atoms with van der Waals surface area (Å²) < 4.78 is 22.4. The number of hydrogen-bond acceptors (Lipinski definition) is 5. The van der Waals surface area contributed by atoms with Crippen molar-refractivity contribution in [2.45, 2.75) is 25.9 Å². The van der Waals surface area contributed by atoms with E-state index in [1.807, 2.05) is 44.2 Å². The highest BCUT2D eigenvalue weighted by Gasteiger charge is 2.35. The molecule has 2 amide bonds. The standard InChI is InChI=1S/C20H20N2O5/c1-11(2)22-14-9-18-17(26-10-27-18)8-13(14)19(21-20(22)23)12-3-4-15-16(7-12)25-6-5-24-15/h3-4,7-9,11,19H,5-6,10H2,1-2H3,(H,21,23). The van der Waals surface area contributed by atoms with Gasteiger partial charge in [0.1, 0.15) is 13.2 Å². The third-order valence-electron chi connectivity index (χ3n) is 4.99. The van der Waals surface area contributed by atoms with Crippen molar-refractivity contribution in [3.63, 3.8) is 0 Å². The second kappa shape index (κ2) is 5.97. The molecule has 0 bridgehead atoms. The van der Waals surface area contributed by atoms with Crippen LogP contribution in [0.3, 0.4) is 0 Å². The van der Waals surface area contributed by atoms with Crippen LogP contribution in [-0.4, -0.2) is 32.1 Å². The van der Waals surface area contributed by atoms with Gasteiger partial charge in [0.15, 0.2) is 23.0 Å². The van der Waals surface area contributed by atoms with Gasteiger partial charge in [-0.05, 0) is 37.6 Å². The first kappa shape index (κ1) is 16.1. The van der Waals surface area contributed by atoms with E-state index < -0.39 is 0 Å². The molecule has 0 saturated heterocycles. The van der Waals surface area contributed by atoms with Crippen LogP contribution in [0.5, 0.6) is 23.0 Å². The number of urea groups is 1. The van der Waals surface area contributed by atoms with Crippen molar-refractivity contribution < 1.29 is 23.7 Å².